The second-order valence-electron chi connectivity index (χ2n) is 8.22. The van der Waals surface area contributed by atoms with E-state index in [2.05, 4.69) is 15.6 Å². The fraction of sp³-hybridized carbons (Fsp3) is 0.435. The number of carbonyl (C=O) groups excluding carboxylic acids is 2. The van der Waals surface area contributed by atoms with Gasteiger partial charge in [-0.05, 0) is 88.2 Å². The minimum absolute atomic E-state index is 0.0296. The van der Waals surface area contributed by atoms with Crippen LogP contribution in [0.15, 0.2) is 30.3 Å². The predicted octanol–water partition coefficient (Wildman–Crippen LogP) is 2.33. The van der Waals surface area contributed by atoms with Gasteiger partial charge in [-0.2, -0.15) is 0 Å². The first-order chi connectivity index (χ1) is 14.8. The molecule has 1 fully saturated rings. The molecule has 1 aliphatic heterocycles. The standard InChI is InChI=1S/C23H30N4O4/c1-15-10-19(4-5-20(15)31-14-18-11-16(2)25-17(3)12-18)22(29)26-23(13-21(28)27-30)6-8-24-9-7-23/h4-5,10-12,24,30H,6-9,13-14H2,1-3H3,(H,26,29)(H,27,28). The molecule has 0 aliphatic carbocycles. The van der Waals surface area contributed by atoms with Crippen molar-refractivity contribution in [1.29, 1.82) is 0 Å². The van der Waals surface area contributed by atoms with Crippen molar-refractivity contribution in [3.8, 4) is 5.75 Å². The summed E-state index contributed by atoms with van der Waals surface area (Å²) in [6, 6.07) is 9.28. The van der Waals surface area contributed by atoms with Gasteiger partial charge in [0.05, 0.1) is 12.0 Å². The number of carbonyl (C=O) groups is 2. The maximum absolute atomic E-state index is 12.9. The summed E-state index contributed by atoms with van der Waals surface area (Å²) in [6.45, 7) is 7.61. The Kier molecular flexibility index (Phi) is 7.25. The van der Waals surface area contributed by atoms with Crippen LogP contribution < -0.4 is 20.9 Å². The third kappa shape index (κ3) is 6.02. The minimum atomic E-state index is -0.685. The van der Waals surface area contributed by atoms with Gasteiger partial charge in [0, 0.05) is 17.0 Å². The third-order valence-electron chi connectivity index (χ3n) is 5.54. The number of hydrogen-bond donors (Lipinski definition) is 4. The minimum Gasteiger partial charge on any atom is -0.489 e. The number of pyridine rings is 1. The monoisotopic (exact) mass is 426 g/mol. The molecule has 1 aliphatic rings. The van der Waals surface area contributed by atoms with Gasteiger partial charge in [0.25, 0.3) is 5.91 Å². The lowest BCUT2D eigenvalue weighted by Crippen LogP contribution is -2.56. The van der Waals surface area contributed by atoms with Crippen molar-refractivity contribution in [2.75, 3.05) is 13.1 Å². The van der Waals surface area contributed by atoms with Crippen molar-refractivity contribution in [1.82, 2.24) is 21.1 Å². The molecule has 2 aromatic rings. The largest absolute Gasteiger partial charge is 0.489 e. The van der Waals surface area contributed by atoms with Crippen LogP contribution in [-0.4, -0.2) is 40.6 Å². The number of hydroxylamine groups is 1. The van der Waals surface area contributed by atoms with Gasteiger partial charge in [-0.1, -0.05) is 0 Å². The molecular weight excluding hydrogens is 396 g/mol. The van der Waals surface area contributed by atoms with Crippen molar-refractivity contribution in [3.63, 3.8) is 0 Å². The summed E-state index contributed by atoms with van der Waals surface area (Å²) in [4.78, 5) is 29.1. The number of rotatable bonds is 7. The third-order valence-corrected chi connectivity index (χ3v) is 5.54. The molecule has 0 bridgehead atoms. The average molecular weight is 427 g/mol. The summed E-state index contributed by atoms with van der Waals surface area (Å²) in [5.74, 6) is -0.0497. The van der Waals surface area contributed by atoms with Crippen molar-refractivity contribution in [3.05, 3.63) is 58.4 Å². The van der Waals surface area contributed by atoms with Gasteiger partial charge < -0.3 is 15.4 Å². The first-order valence-corrected chi connectivity index (χ1v) is 10.4. The van der Waals surface area contributed by atoms with E-state index in [1.807, 2.05) is 32.9 Å². The lowest BCUT2D eigenvalue weighted by atomic mass is 9.84. The Morgan fingerprint density at radius 2 is 1.81 bits per heavy atom. The van der Waals surface area contributed by atoms with Crippen LogP contribution >= 0.6 is 0 Å². The predicted molar refractivity (Wildman–Crippen MR) is 116 cm³/mol. The first kappa shape index (κ1) is 22.7. The number of hydrogen-bond acceptors (Lipinski definition) is 6. The van der Waals surface area contributed by atoms with E-state index in [-0.39, 0.29) is 12.3 Å². The number of benzene rings is 1. The zero-order valence-electron chi connectivity index (χ0n) is 18.2. The van der Waals surface area contributed by atoms with E-state index in [9.17, 15) is 9.59 Å². The Morgan fingerprint density at radius 1 is 1.13 bits per heavy atom. The summed E-state index contributed by atoms with van der Waals surface area (Å²) in [7, 11) is 0. The van der Waals surface area contributed by atoms with Crippen LogP contribution in [0, 0.1) is 20.8 Å². The molecular formula is C23H30N4O4. The number of ether oxygens (including phenoxy) is 1. The second kappa shape index (κ2) is 9.89. The number of aromatic nitrogens is 1. The smallest absolute Gasteiger partial charge is 0.251 e. The molecule has 8 nitrogen and oxygen atoms in total. The Bertz CT molecular complexity index is 934. The van der Waals surface area contributed by atoms with Gasteiger partial charge in [0.1, 0.15) is 12.4 Å². The Balaban J connectivity index is 1.69. The molecule has 0 atom stereocenters. The van der Waals surface area contributed by atoms with E-state index in [0.29, 0.717) is 43.9 Å². The van der Waals surface area contributed by atoms with E-state index in [1.54, 1.807) is 23.7 Å². The molecule has 0 saturated carbocycles. The highest BCUT2D eigenvalue weighted by molar-refractivity contribution is 5.95. The molecule has 1 aromatic carbocycles. The lowest BCUT2D eigenvalue weighted by Gasteiger charge is -2.37. The van der Waals surface area contributed by atoms with E-state index >= 15 is 0 Å². The summed E-state index contributed by atoms with van der Waals surface area (Å²) < 4.78 is 5.96. The van der Waals surface area contributed by atoms with E-state index in [1.165, 1.54) is 0 Å². The van der Waals surface area contributed by atoms with Gasteiger partial charge in [-0.3, -0.25) is 19.8 Å². The molecule has 3 rings (SSSR count). The SMILES string of the molecule is Cc1cc(COc2ccc(C(=O)NC3(CC(=O)NO)CCNCC3)cc2C)cc(C)n1. The summed E-state index contributed by atoms with van der Waals surface area (Å²) in [5, 5.41) is 15.2. The normalized spacial score (nSPS) is 15.2. The molecule has 1 aromatic heterocycles. The van der Waals surface area contributed by atoms with Crippen molar-refractivity contribution < 1.29 is 19.5 Å². The van der Waals surface area contributed by atoms with Crippen molar-refractivity contribution in [2.24, 2.45) is 0 Å². The Morgan fingerprint density at radius 3 is 2.42 bits per heavy atom. The second-order valence-corrected chi connectivity index (χ2v) is 8.22. The zero-order chi connectivity index (χ0) is 22.4. The van der Waals surface area contributed by atoms with Crippen LogP contribution in [-0.2, 0) is 11.4 Å². The summed E-state index contributed by atoms with van der Waals surface area (Å²) in [5.41, 5.74) is 5.28. The zero-order valence-corrected chi connectivity index (χ0v) is 18.2. The highest BCUT2D eigenvalue weighted by atomic mass is 16.5. The van der Waals surface area contributed by atoms with E-state index in [0.717, 1.165) is 22.5 Å². The van der Waals surface area contributed by atoms with Crippen LogP contribution in [0.25, 0.3) is 0 Å². The summed E-state index contributed by atoms with van der Waals surface area (Å²) >= 11 is 0. The molecule has 8 heteroatoms. The molecule has 2 amide bonds. The number of nitrogens with zero attached hydrogens (tertiary/aromatic N) is 1. The van der Waals surface area contributed by atoms with E-state index < -0.39 is 11.4 Å². The maximum Gasteiger partial charge on any atom is 0.251 e. The topological polar surface area (TPSA) is 113 Å². The van der Waals surface area contributed by atoms with Crippen LogP contribution in [0.4, 0.5) is 0 Å². The number of nitrogens with one attached hydrogen (secondary N) is 3. The summed E-state index contributed by atoms with van der Waals surface area (Å²) in [6.07, 6.45) is 1.25. The highest BCUT2D eigenvalue weighted by Crippen LogP contribution is 2.25. The fourth-order valence-corrected chi connectivity index (χ4v) is 4.03. The van der Waals surface area contributed by atoms with Crippen molar-refractivity contribution >= 4 is 11.8 Å². The Labute approximate surface area is 182 Å². The average Bonchev–Trinajstić information content (AvgIpc) is 2.72. The lowest BCUT2D eigenvalue weighted by molar-refractivity contribution is -0.130. The number of aryl methyl sites for hydroxylation is 3. The van der Waals surface area contributed by atoms with Crippen LogP contribution in [0.5, 0.6) is 5.75 Å². The molecule has 166 valence electrons. The molecule has 0 radical (unpaired) electrons. The van der Waals surface area contributed by atoms with Gasteiger partial charge in [0.2, 0.25) is 5.91 Å². The maximum atomic E-state index is 12.9. The first-order valence-electron chi connectivity index (χ1n) is 10.4. The van der Waals surface area contributed by atoms with Gasteiger partial charge in [-0.15, -0.1) is 0 Å². The quantitative estimate of drug-likeness (QED) is 0.399. The fourth-order valence-electron chi connectivity index (χ4n) is 4.03. The van der Waals surface area contributed by atoms with Crippen LogP contribution in [0.2, 0.25) is 0 Å². The molecule has 1 saturated heterocycles. The van der Waals surface area contributed by atoms with E-state index in [4.69, 9.17) is 9.94 Å². The molecule has 0 spiro atoms. The van der Waals surface area contributed by atoms with Gasteiger partial charge >= 0.3 is 0 Å². The Hall–Kier alpha value is -2.97. The molecule has 0 unspecified atom stereocenters. The van der Waals surface area contributed by atoms with Gasteiger partial charge in [0.15, 0.2) is 0 Å². The number of amides is 2. The molecule has 4 N–H and O–H groups in total. The molecule has 31 heavy (non-hydrogen) atoms. The van der Waals surface area contributed by atoms with Crippen LogP contribution in [0.3, 0.4) is 0 Å². The molecule has 2 heterocycles. The van der Waals surface area contributed by atoms with Gasteiger partial charge in [-0.25, -0.2) is 5.48 Å². The number of piperidine rings is 1. The van der Waals surface area contributed by atoms with Crippen LogP contribution in [0.1, 0.15) is 52.1 Å². The van der Waals surface area contributed by atoms with Crippen molar-refractivity contribution in [2.45, 2.75) is 52.2 Å². The highest BCUT2D eigenvalue weighted by Gasteiger charge is 2.36.